The van der Waals surface area contributed by atoms with Gasteiger partial charge in [-0.1, -0.05) is 6.92 Å². The molecule has 1 rings (SSSR count). The van der Waals surface area contributed by atoms with Gasteiger partial charge in [0.05, 0.1) is 25.6 Å². The molecule has 7 heteroatoms. The molecule has 0 aromatic rings. The van der Waals surface area contributed by atoms with Gasteiger partial charge < -0.3 is 19.9 Å². The molecule has 0 aliphatic carbocycles. The van der Waals surface area contributed by atoms with E-state index in [-0.39, 0.29) is 24.9 Å². The lowest BCUT2D eigenvalue weighted by atomic mass is 9.97. The number of amides is 1. The van der Waals surface area contributed by atoms with Crippen molar-refractivity contribution >= 4 is 17.8 Å². The molecule has 0 saturated carbocycles. The summed E-state index contributed by atoms with van der Waals surface area (Å²) in [6.07, 6.45) is 0.538. The van der Waals surface area contributed by atoms with E-state index in [1.54, 1.807) is 13.8 Å². The summed E-state index contributed by atoms with van der Waals surface area (Å²) in [5.74, 6) is -2.83. The maximum atomic E-state index is 11.9. The quantitative estimate of drug-likeness (QED) is 0.648. The number of rotatable bonds is 7. The van der Waals surface area contributed by atoms with E-state index in [1.165, 1.54) is 0 Å². The first-order valence-corrected chi connectivity index (χ1v) is 6.72. The van der Waals surface area contributed by atoms with Crippen LogP contribution in [0.5, 0.6) is 0 Å². The molecule has 0 unspecified atom stereocenters. The van der Waals surface area contributed by atoms with Crippen molar-refractivity contribution in [1.82, 2.24) is 5.32 Å². The maximum absolute atomic E-state index is 11.9. The van der Waals surface area contributed by atoms with Crippen molar-refractivity contribution in [3.05, 3.63) is 0 Å². The number of carboxylic acids is 1. The van der Waals surface area contributed by atoms with Gasteiger partial charge in [-0.25, -0.2) is 4.79 Å². The van der Waals surface area contributed by atoms with Gasteiger partial charge in [0.15, 0.2) is 0 Å². The Hall–Kier alpha value is -1.63. The SMILES string of the molecule is CCOC(=O)C[C@H](C)[C@@H](NC(=O)[C@H]1CCOC1)C(=O)O. The summed E-state index contributed by atoms with van der Waals surface area (Å²) < 4.78 is 9.88. The van der Waals surface area contributed by atoms with Crippen LogP contribution in [0, 0.1) is 11.8 Å². The van der Waals surface area contributed by atoms with Gasteiger partial charge in [0.25, 0.3) is 0 Å². The summed E-state index contributed by atoms with van der Waals surface area (Å²) in [5.41, 5.74) is 0. The number of carbonyl (C=O) groups excluding carboxylic acids is 2. The van der Waals surface area contributed by atoms with Gasteiger partial charge in [-0.05, 0) is 19.3 Å². The molecule has 0 aromatic carbocycles. The summed E-state index contributed by atoms with van der Waals surface area (Å²) in [4.78, 5) is 34.5. The zero-order chi connectivity index (χ0) is 15.1. The highest BCUT2D eigenvalue weighted by Gasteiger charge is 2.32. The van der Waals surface area contributed by atoms with Gasteiger partial charge >= 0.3 is 11.9 Å². The van der Waals surface area contributed by atoms with Crippen LogP contribution in [0.25, 0.3) is 0 Å². The van der Waals surface area contributed by atoms with Crippen molar-refractivity contribution in [3.8, 4) is 0 Å². The van der Waals surface area contributed by atoms with Crippen LogP contribution in [0.15, 0.2) is 0 Å². The summed E-state index contributed by atoms with van der Waals surface area (Å²) in [6.45, 7) is 4.34. The molecule has 1 aliphatic heterocycles. The Balaban J connectivity index is 2.56. The van der Waals surface area contributed by atoms with Gasteiger partial charge in [0.2, 0.25) is 5.91 Å². The number of ether oxygens (including phenoxy) is 2. The minimum absolute atomic E-state index is 0.0494. The van der Waals surface area contributed by atoms with Gasteiger partial charge in [-0.3, -0.25) is 9.59 Å². The first-order chi connectivity index (χ1) is 9.45. The van der Waals surface area contributed by atoms with Gasteiger partial charge in [0, 0.05) is 6.61 Å². The minimum Gasteiger partial charge on any atom is -0.480 e. The van der Waals surface area contributed by atoms with Crippen LogP contribution in [-0.2, 0) is 23.9 Å². The van der Waals surface area contributed by atoms with Crippen molar-refractivity contribution in [2.24, 2.45) is 11.8 Å². The van der Waals surface area contributed by atoms with E-state index in [0.29, 0.717) is 19.6 Å². The molecule has 1 heterocycles. The fraction of sp³-hybridized carbons (Fsp3) is 0.769. The highest BCUT2D eigenvalue weighted by Crippen LogP contribution is 2.15. The molecule has 0 aromatic heterocycles. The fourth-order valence-electron chi connectivity index (χ4n) is 2.06. The van der Waals surface area contributed by atoms with Crippen LogP contribution in [0.2, 0.25) is 0 Å². The molecule has 1 aliphatic rings. The minimum atomic E-state index is -1.16. The van der Waals surface area contributed by atoms with E-state index in [9.17, 15) is 19.5 Å². The molecule has 2 N–H and O–H groups in total. The molecule has 0 spiro atoms. The van der Waals surface area contributed by atoms with Crippen LogP contribution >= 0.6 is 0 Å². The normalized spacial score (nSPS) is 21.0. The number of carboxylic acid groups (broad SMARTS) is 1. The Kier molecular flexibility index (Phi) is 6.44. The number of carbonyl (C=O) groups is 3. The van der Waals surface area contributed by atoms with E-state index in [4.69, 9.17) is 9.47 Å². The second-order valence-corrected chi connectivity index (χ2v) is 4.87. The zero-order valence-corrected chi connectivity index (χ0v) is 11.8. The Morgan fingerprint density at radius 1 is 1.45 bits per heavy atom. The predicted octanol–water partition coefficient (Wildman–Crippen LogP) is 0.182. The Morgan fingerprint density at radius 2 is 2.15 bits per heavy atom. The monoisotopic (exact) mass is 287 g/mol. The van der Waals surface area contributed by atoms with Gasteiger partial charge in [-0.15, -0.1) is 0 Å². The molecule has 114 valence electrons. The van der Waals surface area contributed by atoms with Crippen molar-refractivity contribution < 1.29 is 29.0 Å². The van der Waals surface area contributed by atoms with Crippen LogP contribution in [-0.4, -0.2) is 48.8 Å². The van der Waals surface area contributed by atoms with Crippen LogP contribution in [0.1, 0.15) is 26.7 Å². The lowest BCUT2D eigenvalue weighted by Gasteiger charge is -2.22. The van der Waals surface area contributed by atoms with Crippen LogP contribution in [0.3, 0.4) is 0 Å². The van der Waals surface area contributed by atoms with Crippen LogP contribution in [0.4, 0.5) is 0 Å². The molecular formula is C13H21NO6. The average molecular weight is 287 g/mol. The lowest BCUT2D eigenvalue weighted by Crippen LogP contribution is -2.48. The third-order valence-corrected chi connectivity index (χ3v) is 3.23. The fourth-order valence-corrected chi connectivity index (χ4v) is 2.06. The van der Waals surface area contributed by atoms with Gasteiger partial charge in [-0.2, -0.15) is 0 Å². The van der Waals surface area contributed by atoms with Crippen molar-refractivity contribution in [1.29, 1.82) is 0 Å². The maximum Gasteiger partial charge on any atom is 0.326 e. The molecule has 20 heavy (non-hydrogen) atoms. The number of nitrogens with one attached hydrogen (secondary N) is 1. The molecule has 0 bridgehead atoms. The summed E-state index contributed by atoms with van der Waals surface area (Å²) >= 11 is 0. The highest BCUT2D eigenvalue weighted by atomic mass is 16.5. The average Bonchev–Trinajstić information content (AvgIpc) is 2.89. The molecule has 0 radical (unpaired) electrons. The second-order valence-electron chi connectivity index (χ2n) is 4.87. The van der Waals surface area contributed by atoms with E-state index >= 15 is 0 Å². The molecular weight excluding hydrogens is 266 g/mol. The van der Waals surface area contributed by atoms with Crippen molar-refractivity contribution in [3.63, 3.8) is 0 Å². The third kappa shape index (κ3) is 4.80. The third-order valence-electron chi connectivity index (χ3n) is 3.23. The van der Waals surface area contributed by atoms with Crippen molar-refractivity contribution in [2.45, 2.75) is 32.7 Å². The van der Waals surface area contributed by atoms with E-state index in [1.807, 2.05) is 0 Å². The standard InChI is InChI=1S/C13H21NO6/c1-3-20-10(15)6-8(2)11(13(17)18)14-12(16)9-4-5-19-7-9/h8-9,11H,3-7H2,1-2H3,(H,14,16)(H,17,18)/t8-,9-,11+/m0/s1. The molecule has 3 atom stereocenters. The van der Waals surface area contributed by atoms with E-state index in [0.717, 1.165) is 0 Å². The summed E-state index contributed by atoms with van der Waals surface area (Å²) in [5, 5.41) is 11.7. The molecule has 1 fully saturated rings. The Morgan fingerprint density at radius 3 is 2.65 bits per heavy atom. The van der Waals surface area contributed by atoms with Crippen LogP contribution < -0.4 is 5.32 Å². The summed E-state index contributed by atoms with van der Waals surface area (Å²) in [6, 6.07) is -1.10. The number of hydrogen-bond donors (Lipinski definition) is 2. The molecule has 1 saturated heterocycles. The largest absolute Gasteiger partial charge is 0.480 e. The Labute approximate surface area is 117 Å². The topological polar surface area (TPSA) is 102 Å². The number of aliphatic carboxylic acids is 1. The first-order valence-electron chi connectivity index (χ1n) is 6.72. The first kappa shape index (κ1) is 16.4. The lowest BCUT2D eigenvalue weighted by molar-refractivity contribution is -0.147. The molecule has 7 nitrogen and oxygen atoms in total. The van der Waals surface area contributed by atoms with E-state index < -0.39 is 23.9 Å². The molecule has 1 amide bonds. The van der Waals surface area contributed by atoms with Gasteiger partial charge in [0.1, 0.15) is 6.04 Å². The zero-order valence-electron chi connectivity index (χ0n) is 11.8. The second kappa shape index (κ2) is 7.84. The smallest absolute Gasteiger partial charge is 0.326 e. The van der Waals surface area contributed by atoms with Crippen molar-refractivity contribution in [2.75, 3.05) is 19.8 Å². The highest BCUT2D eigenvalue weighted by molar-refractivity contribution is 5.85. The number of esters is 1. The predicted molar refractivity (Wildman–Crippen MR) is 68.9 cm³/mol. The van der Waals surface area contributed by atoms with E-state index in [2.05, 4.69) is 5.32 Å². The number of hydrogen-bond acceptors (Lipinski definition) is 5. The Bertz CT molecular complexity index is 364. The summed E-state index contributed by atoms with van der Waals surface area (Å²) in [7, 11) is 0.